The first-order valence-electron chi connectivity index (χ1n) is 8.61. The largest absolute Gasteiger partial charge is 0.416 e. The third-order valence-corrected chi connectivity index (χ3v) is 4.48. The molecule has 0 fully saturated rings. The molecule has 2 aromatic heterocycles. The molecule has 0 spiro atoms. The number of hydrogen-bond donors (Lipinski definition) is 1. The van der Waals surface area contributed by atoms with Gasteiger partial charge in [-0.1, -0.05) is 19.4 Å². The lowest BCUT2D eigenvalue weighted by Gasteiger charge is -2.06. The Balaban J connectivity index is 1.63. The molecule has 0 saturated carbocycles. The second-order valence-electron chi connectivity index (χ2n) is 6.29. The fraction of sp³-hybridized carbons (Fsp3) is 0.250. The molecule has 0 aliphatic rings. The van der Waals surface area contributed by atoms with Crippen molar-refractivity contribution in [3.05, 3.63) is 53.9 Å². The highest BCUT2D eigenvalue weighted by molar-refractivity contribution is 5.79. The number of rotatable bonds is 5. The van der Waals surface area contributed by atoms with Crippen molar-refractivity contribution in [2.45, 2.75) is 33.1 Å². The minimum absolute atomic E-state index is 0.507. The average molecular weight is 332 g/mol. The summed E-state index contributed by atoms with van der Waals surface area (Å²) in [6.45, 7) is 4.35. The lowest BCUT2D eigenvalue weighted by Crippen LogP contribution is -1.90. The Kier molecular flexibility index (Phi) is 4.06. The van der Waals surface area contributed by atoms with Crippen LogP contribution in [0.5, 0.6) is 0 Å². The molecule has 4 aromatic rings. The molecule has 5 nitrogen and oxygen atoms in total. The van der Waals surface area contributed by atoms with Gasteiger partial charge in [0.05, 0.1) is 17.4 Å². The lowest BCUT2D eigenvalue weighted by molar-refractivity contribution is 0.584. The van der Waals surface area contributed by atoms with Crippen LogP contribution in [0.2, 0.25) is 0 Å². The zero-order valence-electron chi connectivity index (χ0n) is 14.4. The van der Waals surface area contributed by atoms with Crippen molar-refractivity contribution in [1.82, 2.24) is 20.2 Å². The number of unbranched alkanes of at least 4 members (excludes halogenated alkanes) is 1. The first kappa shape index (κ1) is 15.6. The molecule has 2 aromatic carbocycles. The maximum Gasteiger partial charge on any atom is 0.248 e. The zero-order valence-corrected chi connectivity index (χ0v) is 14.4. The van der Waals surface area contributed by atoms with Gasteiger partial charge in [0, 0.05) is 11.1 Å². The molecule has 0 aliphatic heterocycles. The van der Waals surface area contributed by atoms with Crippen LogP contribution < -0.4 is 0 Å². The molecule has 2 heterocycles. The summed E-state index contributed by atoms with van der Waals surface area (Å²) in [6.07, 6.45) is 5.20. The predicted molar refractivity (Wildman–Crippen MR) is 98.2 cm³/mol. The summed E-state index contributed by atoms with van der Waals surface area (Å²) in [7, 11) is 0. The number of imidazole rings is 1. The molecule has 0 radical (unpaired) electrons. The van der Waals surface area contributed by atoms with Gasteiger partial charge in [-0.15, -0.1) is 10.2 Å². The first-order valence-corrected chi connectivity index (χ1v) is 8.61. The van der Waals surface area contributed by atoms with E-state index in [-0.39, 0.29) is 0 Å². The fourth-order valence-corrected chi connectivity index (χ4v) is 3.00. The molecule has 0 atom stereocenters. The Labute approximate surface area is 146 Å². The summed E-state index contributed by atoms with van der Waals surface area (Å²) in [6, 6.07) is 12.2. The normalized spacial score (nSPS) is 11.3. The molecule has 1 N–H and O–H groups in total. The highest BCUT2D eigenvalue weighted by Crippen LogP contribution is 2.27. The van der Waals surface area contributed by atoms with Gasteiger partial charge in [-0.25, -0.2) is 4.98 Å². The Bertz CT molecular complexity index is 1020. The Morgan fingerprint density at radius 1 is 1.00 bits per heavy atom. The van der Waals surface area contributed by atoms with Gasteiger partial charge in [-0.2, -0.15) is 0 Å². The van der Waals surface area contributed by atoms with Crippen LogP contribution in [0.1, 0.15) is 30.9 Å². The highest BCUT2D eigenvalue weighted by Gasteiger charge is 2.12. The van der Waals surface area contributed by atoms with Gasteiger partial charge in [0.1, 0.15) is 0 Å². The maximum atomic E-state index is 5.90. The molecular weight excluding hydrogens is 312 g/mol. The van der Waals surface area contributed by atoms with E-state index < -0.39 is 0 Å². The molecule has 0 unspecified atom stereocenters. The van der Waals surface area contributed by atoms with Crippen LogP contribution in [-0.4, -0.2) is 20.2 Å². The zero-order chi connectivity index (χ0) is 17.2. The van der Waals surface area contributed by atoms with Crippen LogP contribution in [0.15, 0.2) is 47.1 Å². The topological polar surface area (TPSA) is 67.6 Å². The van der Waals surface area contributed by atoms with Crippen molar-refractivity contribution in [1.29, 1.82) is 0 Å². The number of fused-ring (bicyclic) bond motifs is 1. The summed E-state index contributed by atoms with van der Waals surface area (Å²) in [5.74, 6) is 1.05. The highest BCUT2D eigenvalue weighted by atomic mass is 16.4. The Morgan fingerprint density at radius 3 is 2.52 bits per heavy atom. The van der Waals surface area contributed by atoms with Crippen LogP contribution in [0.4, 0.5) is 0 Å². The molecule has 5 heteroatoms. The average Bonchev–Trinajstić information content (AvgIpc) is 3.29. The van der Waals surface area contributed by atoms with Crippen LogP contribution in [-0.2, 0) is 6.42 Å². The van der Waals surface area contributed by atoms with Gasteiger partial charge in [0.15, 0.2) is 0 Å². The smallest absolute Gasteiger partial charge is 0.248 e. The van der Waals surface area contributed by atoms with Crippen molar-refractivity contribution in [3.63, 3.8) is 0 Å². The van der Waals surface area contributed by atoms with Gasteiger partial charge in [0.25, 0.3) is 0 Å². The summed E-state index contributed by atoms with van der Waals surface area (Å²) < 4.78 is 5.90. The number of aromatic amines is 1. The molecule has 0 saturated heterocycles. The fourth-order valence-electron chi connectivity index (χ4n) is 3.00. The summed E-state index contributed by atoms with van der Waals surface area (Å²) in [5.41, 5.74) is 6.35. The monoisotopic (exact) mass is 332 g/mol. The van der Waals surface area contributed by atoms with E-state index in [1.165, 1.54) is 24.0 Å². The molecule has 126 valence electrons. The number of aromatic nitrogens is 4. The lowest BCUT2D eigenvalue weighted by atomic mass is 10.0. The molecule has 0 aliphatic carbocycles. The third-order valence-electron chi connectivity index (χ3n) is 4.48. The van der Waals surface area contributed by atoms with Crippen LogP contribution in [0.25, 0.3) is 33.9 Å². The van der Waals surface area contributed by atoms with Crippen molar-refractivity contribution in [2.75, 3.05) is 0 Å². The van der Waals surface area contributed by atoms with Crippen LogP contribution >= 0.6 is 0 Å². The van der Waals surface area contributed by atoms with Gasteiger partial charge in [-0.05, 0) is 61.2 Å². The van der Waals surface area contributed by atoms with Gasteiger partial charge < -0.3 is 9.40 Å². The number of H-pyrrole nitrogens is 1. The first-order chi connectivity index (χ1) is 12.2. The SMILES string of the molecule is CCCCc1ccc(-c2nnc(-c3ccc4[nH]cnc4c3)o2)cc1C. The van der Waals surface area contributed by atoms with E-state index in [1.807, 2.05) is 18.2 Å². The molecular formula is C20H20N4O. The van der Waals surface area contributed by atoms with E-state index in [2.05, 4.69) is 52.2 Å². The molecule has 0 bridgehead atoms. The Hall–Kier alpha value is -2.95. The molecule has 0 amide bonds. The van der Waals surface area contributed by atoms with Gasteiger partial charge in [-0.3, -0.25) is 0 Å². The quantitative estimate of drug-likeness (QED) is 0.562. The van der Waals surface area contributed by atoms with Crippen molar-refractivity contribution < 1.29 is 4.42 Å². The van der Waals surface area contributed by atoms with Crippen molar-refractivity contribution in [2.24, 2.45) is 0 Å². The van der Waals surface area contributed by atoms with E-state index >= 15 is 0 Å². The summed E-state index contributed by atoms with van der Waals surface area (Å²) >= 11 is 0. The third kappa shape index (κ3) is 3.05. The second kappa shape index (κ2) is 6.51. The van der Waals surface area contributed by atoms with Gasteiger partial charge >= 0.3 is 0 Å². The standard InChI is InChI=1S/C20H20N4O/c1-3-4-5-14-6-7-15(10-13(14)2)19-23-24-20(25-19)16-8-9-17-18(11-16)22-12-21-17/h6-12H,3-5H2,1-2H3,(H,21,22). The van der Waals surface area contributed by atoms with Gasteiger partial charge in [0.2, 0.25) is 11.8 Å². The van der Waals surface area contributed by atoms with E-state index in [4.69, 9.17) is 4.42 Å². The van der Waals surface area contributed by atoms with E-state index in [9.17, 15) is 0 Å². The summed E-state index contributed by atoms with van der Waals surface area (Å²) in [5, 5.41) is 8.42. The maximum absolute atomic E-state index is 5.90. The van der Waals surface area contributed by atoms with E-state index in [0.29, 0.717) is 11.8 Å². The number of nitrogens with zero attached hydrogens (tertiary/aromatic N) is 3. The number of nitrogens with one attached hydrogen (secondary N) is 1. The summed E-state index contributed by atoms with van der Waals surface area (Å²) in [4.78, 5) is 7.35. The van der Waals surface area contributed by atoms with Crippen LogP contribution in [0, 0.1) is 6.92 Å². The minimum Gasteiger partial charge on any atom is -0.416 e. The predicted octanol–water partition coefficient (Wildman–Crippen LogP) is 4.93. The van der Waals surface area contributed by atoms with Crippen molar-refractivity contribution >= 4 is 11.0 Å². The van der Waals surface area contributed by atoms with Crippen LogP contribution in [0.3, 0.4) is 0 Å². The second-order valence-corrected chi connectivity index (χ2v) is 6.29. The van der Waals surface area contributed by atoms with E-state index in [0.717, 1.165) is 28.6 Å². The molecule has 4 rings (SSSR count). The number of aryl methyl sites for hydroxylation is 2. The number of benzene rings is 2. The van der Waals surface area contributed by atoms with E-state index in [1.54, 1.807) is 6.33 Å². The Morgan fingerprint density at radius 2 is 1.76 bits per heavy atom. The number of hydrogen-bond acceptors (Lipinski definition) is 4. The minimum atomic E-state index is 0.507. The molecule has 25 heavy (non-hydrogen) atoms. The van der Waals surface area contributed by atoms with Crippen molar-refractivity contribution in [3.8, 4) is 22.9 Å².